The average molecular weight is 525 g/mol. The van der Waals surface area contributed by atoms with Crippen LogP contribution in [0.25, 0.3) is 0 Å². The van der Waals surface area contributed by atoms with E-state index in [1.807, 2.05) is 6.07 Å². The zero-order chi connectivity index (χ0) is 27.1. The number of fused-ring (bicyclic) bond motifs is 1. The summed E-state index contributed by atoms with van der Waals surface area (Å²) in [7, 11) is 3.65. The van der Waals surface area contributed by atoms with Crippen LogP contribution in [0.1, 0.15) is 44.5 Å². The van der Waals surface area contributed by atoms with Crippen molar-refractivity contribution in [2.75, 3.05) is 10.2 Å². The van der Waals surface area contributed by atoms with Crippen LogP contribution < -0.4 is 10.2 Å². The molecular weight excluding hydrogens is 504 g/mol. The zero-order valence-electron chi connectivity index (χ0n) is 20.2. The van der Waals surface area contributed by atoms with Gasteiger partial charge in [0.2, 0.25) is 0 Å². The van der Waals surface area contributed by atoms with Gasteiger partial charge in [0.25, 0.3) is 17.7 Å². The number of hydrogen-bond donors (Lipinski definition) is 1. The first-order chi connectivity index (χ1) is 18.1. The van der Waals surface area contributed by atoms with E-state index >= 15 is 8.78 Å². The number of nitrogens with zero attached hydrogens (tertiary/aromatic N) is 4. The maximum Gasteiger partial charge on any atom is 0.298 e. The maximum atomic E-state index is 15.1. The molecule has 3 aromatic carbocycles. The quantitative estimate of drug-likeness (QED) is 0.384. The Morgan fingerprint density at radius 2 is 1.76 bits per heavy atom. The van der Waals surface area contributed by atoms with Crippen molar-refractivity contribution in [2.45, 2.75) is 24.6 Å². The minimum atomic E-state index is -3.21. The Hall–Kier alpha value is -4.62. The molecule has 2 amide bonds. The number of alkyl halides is 2. The molecule has 0 saturated heterocycles. The molecule has 1 aliphatic heterocycles. The zero-order valence-corrected chi connectivity index (χ0v) is 21.2. The van der Waals surface area contributed by atoms with Crippen LogP contribution in [-0.2, 0) is 12.5 Å². The lowest BCUT2D eigenvalue weighted by atomic mass is 9.99. The second-order valence-electron chi connectivity index (χ2n) is 9.11. The first-order valence-corrected chi connectivity index (χ1v) is 12.1. The van der Waals surface area contributed by atoms with Crippen LogP contribution in [0.15, 0.2) is 85.1 Å². The Bertz CT molecular complexity index is 1580. The molecule has 5 rings (SSSR count). The Balaban J connectivity index is 1.46. The normalized spacial score (nSPS) is 17.0. The number of aromatic nitrogens is 2. The molecule has 2 heterocycles. The van der Waals surface area contributed by atoms with Gasteiger partial charge < -0.3 is 10.2 Å². The highest BCUT2D eigenvalue weighted by atomic mass is 28.1. The predicted molar refractivity (Wildman–Crippen MR) is 138 cm³/mol. The lowest BCUT2D eigenvalue weighted by Crippen LogP contribution is -2.58. The summed E-state index contributed by atoms with van der Waals surface area (Å²) in [5.74, 6) is -4.30. The van der Waals surface area contributed by atoms with E-state index in [0.29, 0.717) is 16.9 Å². The minimum Gasteiger partial charge on any atom is -0.322 e. The molecule has 1 aliphatic rings. The highest BCUT2D eigenvalue weighted by molar-refractivity contribution is 6.25. The average Bonchev–Trinajstić information content (AvgIpc) is 3.33. The molecule has 10 heteroatoms. The van der Waals surface area contributed by atoms with Gasteiger partial charge in [0, 0.05) is 27.7 Å². The van der Waals surface area contributed by atoms with Crippen LogP contribution in [0.3, 0.4) is 0 Å². The van der Waals surface area contributed by atoms with Crippen molar-refractivity contribution in [1.82, 2.24) is 9.78 Å². The largest absolute Gasteiger partial charge is 0.322 e. The summed E-state index contributed by atoms with van der Waals surface area (Å²) in [5, 5.41) is 15.1. The van der Waals surface area contributed by atoms with Crippen LogP contribution in [0.5, 0.6) is 0 Å². The number of hydrogen-bond acceptors (Lipinski definition) is 4. The smallest absolute Gasteiger partial charge is 0.298 e. The van der Waals surface area contributed by atoms with E-state index in [-0.39, 0.29) is 28.9 Å². The van der Waals surface area contributed by atoms with Gasteiger partial charge in [-0.25, -0.2) is 0 Å². The first-order valence-electron chi connectivity index (χ1n) is 11.6. The van der Waals surface area contributed by atoms with E-state index < -0.39 is 22.9 Å². The molecule has 0 unspecified atom stereocenters. The number of nitriles is 1. The summed E-state index contributed by atoms with van der Waals surface area (Å²) in [6.45, 7) is 1.95. The van der Waals surface area contributed by atoms with E-state index in [4.69, 9.17) is 5.26 Å². The monoisotopic (exact) mass is 524 g/mol. The van der Waals surface area contributed by atoms with E-state index in [2.05, 4.69) is 20.7 Å². The van der Waals surface area contributed by atoms with E-state index in [1.165, 1.54) is 58.2 Å². The Morgan fingerprint density at radius 3 is 2.45 bits per heavy atom. The van der Waals surface area contributed by atoms with Gasteiger partial charge in [-0.3, -0.25) is 14.3 Å². The van der Waals surface area contributed by atoms with E-state index in [0.717, 1.165) is 0 Å². The van der Waals surface area contributed by atoms with Crippen molar-refractivity contribution < 1.29 is 18.4 Å². The number of carbonyl (C=O) groups is 2. The summed E-state index contributed by atoms with van der Waals surface area (Å²) in [6.07, 6.45) is 1.31. The van der Waals surface area contributed by atoms with Crippen molar-refractivity contribution in [1.29, 1.82) is 5.26 Å². The van der Waals surface area contributed by atoms with Crippen LogP contribution in [-0.4, -0.2) is 37.0 Å². The molecule has 0 aliphatic carbocycles. The third-order valence-electron chi connectivity index (χ3n) is 6.31. The molecule has 4 aromatic rings. The Morgan fingerprint density at radius 1 is 1.08 bits per heavy atom. The molecule has 7 nitrogen and oxygen atoms in total. The van der Waals surface area contributed by atoms with E-state index in [1.54, 1.807) is 43.3 Å². The van der Waals surface area contributed by atoms with Gasteiger partial charge in [-0.15, -0.1) is 0 Å². The Kier molecular flexibility index (Phi) is 6.16. The second-order valence-corrected chi connectivity index (χ2v) is 10.2. The second kappa shape index (κ2) is 9.35. The summed E-state index contributed by atoms with van der Waals surface area (Å²) >= 11 is 0. The van der Waals surface area contributed by atoms with Crippen molar-refractivity contribution >= 4 is 33.4 Å². The standard InChI is InChI=1S/C28H20F2N5O2Si/c1-27(38)17-34-24(23(16-32-34)25(36)33-21-9-5-6-18(14-21)15-31)26(37)35(27)22-12-10-20(11-13-22)28(29,30)19-7-3-2-4-8-19/h2-14,16H,17H2,1H3,(H,33,36)/t27-/m0/s1. The predicted octanol–water partition coefficient (Wildman–Crippen LogP) is 4.69. The van der Waals surface area contributed by atoms with E-state index in [9.17, 15) is 9.59 Å². The van der Waals surface area contributed by atoms with Crippen molar-refractivity contribution in [2.24, 2.45) is 0 Å². The topological polar surface area (TPSA) is 91.0 Å². The van der Waals surface area contributed by atoms with Gasteiger partial charge in [-0.05, 0) is 37.3 Å². The molecule has 1 N–H and O–H groups in total. The molecule has 0 saturated carbocycles. The first kappa shape index (κ1) is 25.0. The molecule has 1 atom stereocenters. The number of halogens is 2. The van der Waals surface area contributed by atoms with Gasteiger partial charge in [0.15, 0.2) is 0 Å². The molecule has 3 radical (unpaired) electrons. The van der Waals surface area contributed by atoms with Crippen LogP contribution in [0.4, 0.5) is 20.2 Å². The minimum absolute atomic E-state index is 0.0526. The van der Waals surface area contributed by atoms with Crippen LogP contribution in [0.2, 0.25) is 0 Å². The lowest BCUT2D eigenvalue weighted by molar-refractivity contribution is 0.0428. The van der Waals surface area contributed by atoms with Gasteiger partial charge in [-0.1, -0.05) is 48.5 Å². The third kappa shape index (κ3) is 4.37. The summed E-state index contributed by atoms with van der Waals surface area (Å²) in [4.78, 5) is 28.2. The lowest BCUT2D eigenvalue weighted by Gasteiger charge is -2.42. The summed E-state index contributed by atoms with van der Waals surface area (Å²) < 4.78 is 31.5. The number of benzene rings is 3. The molecular formula is C28H20F2N5O2Si. The van der Waals surface area contributed by atoms with Crippen LogP contribution >= 0.6 is 0 Å². The number of carbonyl (C=O) groups excluding carboxylic acids is 2. The fourth-order valence-electron chi connectivity index (χ4n) is 4.49. The SMILES string of the molecule is C[C@]1([Si])Cn2ncc(C(=O)Nc3cccc(C#N)c3)c2C(=O)N1c1ccc(C(F)(F)c2ccccc2)cc1. The molecule has 38 heavy (non-hydrogen) atoms. The van der Waals surface area contributed by atoms with Gasteiger partial charge in [0.1, 0.15) is 5.69 Å². The summed E-state index contributed by atoms with van der Waals surface area (Å²) in [6, 6.07) is 21.4. The summed E-state index contributed by atoms with van der Waals surface area (Å²) in [5.41, 5.74) is 0.918. The number of amides is 2. The van der Waals surface area contributed by atoms with Crippen molar-refractivity contribution in [3.8, 4) is 6.07 Å². The van der Waals surface area contributed by atoms with Crippen molar-refractivity contribution in [3.63, 3.8) is 0 Å². The van der Waals surface area contributed by atoms with Gasteiger partial charge in [0.05, 0.1) is 40.2 Å². The molecule has 0 spiro atoms. The third-order valence-corrected chi connectivity index (χ3v) is 6.70. The van der Waals surface area contributed by atoms with Crippen molar-refractivity contribution in [3.05, 3.63) is 113 Å². The van der Waals surface area contributed by atoms with Crippen LogP contribution in [0, 0.1) is 11.3 Å². The highest BCUT2D eigenvalue weighted by Crippen LogP contribution is 2.38. The molecule has 1 aromatic heterocycles. The Labute approximate surface area is 220 Å². The number of rotatable bonds is 5. The molecule has 0 bridgehead atoms. The molecule has 187 valence electrons. The number of anilines is 2. The van der Waals surface area contributed by atoms with Gasteiger partial charge in [-0.2, -0.15) is 19.1 Å². The van der Waals surface area contributed by atoms with Gasteiger partial charge >= 0.3 is 0 Å². The maximum absolute atomic E-state index is 15.1. The fourth-order valence-corrected chi connectivity index (χ4v) is 4.87. The fraction of sp³-hybridized carbons (Fsp3) is 0.143. The molecule has 0 fully saturated rings. The number of nitrogens with one attached hydrogen (secondary N) is 1. The highest BCUT2D eigenvalue weighted by Gasteiger charge is 2.43.